The Balaban J connectivity index is 3.68. The quantitative estimate of drug-likeness (QED) is 0.121. The number of thiocarbonyl (C=S) groups is 1. The molecule has 0 aliphatic rings. The SMILES string of the molecule is C=CCCOC(=O)C(C)(C)SC(=S)CCCCCCCCCCCC. The summed E-state index contributed by atoms with van der Waals surface area (Å²) in [5.74, 6) is -0.190. The van der Waals surface area contributed by atoms with Gasteiger partial charge in [0.1, 0.15) is 4.75 Å². The minimum atomic E-state index is -0.600. The van der Waals surface area contributed by atoms with Gasteiger partial charge < -0.3 is 4.74 Å². The van der Waals surface area contributed by atoms with Crippen LogP contribution in [-0.2, 0) is 9.53 Å². The van der Waals surface area contributed by atoms with Crippen LogP contribution >= 0.6 is 24.0 Å². The third-order valence-corrected chi connectivity index (χ3v) is 5.71. The maximum atomic E-state index is 12.1. The van der Waals surface area contributed by atoms with E-state index in [1.165, 1.54) is 69.5 Å². The summed E-state index contributed by atoms with van der Waals surface area (Å²) >= 11 is 6.93. The number of unbranched alkanes of at least 4 members (excludes halogenated alkanes) is 9. The molecule has 2 nitrogen and oxygen atoms in total. The minimum absolute atomic E-state index is 0.190. The lowest BCUT2D eigenvalue weighted by Crippen LogP contribution is -2.31. The summed E-state index contributed by atoms with van der Waals surface area (Å²) in [4.78, 5) is 12.1. The highest BCUT2D eigenvalue weighted by molar-refractivity contribution is 8.24. The molecule has 0 aliphatic carbocycles. The second kappa shape index (κ2) is 15.9. The van der Waals surface area contributed by atoms with E-state index in [0.29, 0.717) is 13.0 Å². The molecule has 0 amide bonds. The van der Waals surface area contributed by atoms with Gasteiger partial charge in [-0.3, -0.25) is 4.79 Å². The number of thioether (sulfide) groups is 1. The van der Waals surface area contributed by atoms with Crippen molar-refractivity contribution < 1.29 is 9.53 Å². The first kappa shape index (κ1) is 24.7. The Kier molecular flexibility index (Phi) is 15.6. The van der Waals surface area contributed by atoms with Gasteiger partial charge in [0.05, 0.1) is 6.61 Å². The molecule has 0 aromatic carbocycles. The summed E-state index contributed by atoms with van der Waals surface area (Å²) in [6, 6.07) is 0. The monoisotopic (exact) mass is 386 g/mol. The lowest BCUT2D eigenvalue weighted by atomic mass is 10.1. The number of hydrogen-bond donors (Lipinski definition) is 0. The summed E-state index contributed by atoms with van der Waals surface area (Å²) in [6.45, 7) is 10.1. The van der Waals surface area contributed by atoms with Gasteiger partial charge in [0, 0.05) is 4.20 Å². The molecule has 4 heteroatoms. The van der Waals surface area contributed by atoms with Crippen molar-refractivity contribution in [2.24, 2.45) is 0 Å². The maximum absolute atomic E-state index is 12.1. The fourth-order valence-corrected chi connectivity index (χ4v) is 4.27. The van der Waals surface area contributed by atoms with Gasteiger partial charge in [-0.2, -0.15) is 0 Å². The molecule has 0 saturated carbocycles. The number of ether oxygens (including phenoxy) is 1. The van der Waals surface area contributed by atoms with E-state index in [-0.39, 0.29) is 5.97 Å². The zero-order valence-corrected chi connectivity index (χ0v) is 18.2. The van der Waals surface area contributed by atoms with E-state index >= 15 is 0 Å². The second-order valence-corrected chi connectivity index (χ2v) is 9.60. The zero-order chi connectivity index (χ0) is 19.0. The van der Waals surface area contributed by atoms with Gasteiger partial charge in [0.2, 0.25) is 0 Å². The van der Waals surface area contributed by atoms with Crippen LogP contribution in [0.15, 0.2) is 12.7 Å². The molecule has 0 radical (unpaired) electrons. The van der Waals surface area contributed by atoms with Gasteiger partial charge in [-0.05, 0) is 33.1 Å². The van der Waals surface area contributed by atoms with Crippen molar-refractivity contribution in [3.05, 3.63) is 12.7 Å². The van der Waals surface area contributed by atoms with Crippen LogP contribution in [-0.4, -0.2) is 21.5 Å². The van der Waals surface area contributed by atoms with Crippen molar-refractivity contribution in [1.82, 2.24) is 0 Å². The van der Waals surface area contributed by atoms with E-state index in [2.05, 4.69) is 13.5 Å². The van der Waals surface area contributed by atoms with Crippen LogP contribution in [0.1, 0.15) is 97.8 Å². The van der Waals surface area contributed by atoms with Gasteiger partial charge in [-0.25, -0.2) is 0 Å². The van der Waals surface area contributed by atoms with E-state index in [0.717, 1.165) is 17.0 Å². The van der Waals surface area contributed by atoms with E-state index in [9.17, 15) is 4.79 Å². The Morgan fingerprint density at radius 2 is 1.56 bits per heavy atom. The molecule has 146 valence electrons. The summed E-state index contributed by atoms with van der Waals surface area (Å²) in [7, 11) is 0. The predicted octanol–water partition coefficient (Wildman–Crippen LogP) is 7.26. The Labute approximate surface area is 165 Å². The molecule has 25 heavy (non-hydrogen) atoms. The third kappa shape index (κ3) is 14.5. The standard InChI is InChI=1S/C21H38O2S2/c1-5-7-9-10-11-12-13-14-15-16-17-19(24)25-21(3,4)20(22)23-18-8-6-2/h6H,2,5,7-18H2,1,3-4H3. The first-order chi connectivity index (χ1) is 11.9. The van der Waals surface area contributed by atoms with Gasteiger partial charge in [-0.1, -0.05) is 83.0 Å². The van der Waals surface area contributed by atoms with Gasteiger partial charge in [-0.15, -0.1) is 18.3 Å². The Morgan fingerprint density at radius 1 is 1.04 bits per heavy atom. The normalized spacial score (nSPS) is 11.3. The molecule has 0 fully saturated rings. The topological polar surface area (TPSA) is 26.3 Å². The maximum Gasteiger partial charge on any atom is 0.322 e. The average molecular weight is 387 g/mol. The Bertz CT molecular complexity index is 378. The zero-order valence-electron chi connectivity index (χ0n) is 16.6. The molecule has 0 rings (SSSR count). The van der Waals surface area contributed by atoms with E-state index in [4.69, 9.17) is 17.0 Å². The Morgan fingerprint density at radius 3 is 2.08 bits per heavy atom. The number of carbonyl (C=O) groups excluding carboxylic acids is 1. The fraction of sp³-hybridized carbons (Fsp3) is 0.810. The number of rotatable bonds is 16. The molecule has 0 aromatic heterocycles. The molecule has 0 saturated heterocycles. The van der Waals surface area contributed by atoms with Crippen molar-refractivity contribution in [2.75, 3.05) is 6.61 Å². The predicted molar refractivity (Wildman–Crippen MR) is 117 cm³/mol. The first-order valence-electron chi connectivity index (χ1n) is 9.94. The lowest BCUT2D eigenvalue weighted by Gasteiger charge is -2.22. The smallest absolute Gasteiger partial charge is 0.322 e. The van der Waals surface area contributed by atoms with Gasteiger partial charge in [0.25, 0.3) is 0 Å². The van der Waals surface area contributed by atoms with Crippen molar-refractivity contribution >= 4 is 34.1 Å². The van der Waals surface area contributed by atoms with Crippen LogP contribution < -0.4 is 0 Å². The van der Waals surface area contributed by atoms with E-state index in [1.807, 2.05) is 13.8 Å². The molecule has 0 N–H and O–H groups in total. The van der Waals surface area contributed by atoms with Crippen molar-refractivity contribution in [3.8, 4) is 0 Å². The van der Waals surface area contributed by atoms with E-state index < -0.39 is 4.75 Å². The molecular weight excluding hydrogens is 348 g/mol. The molecule has 0 spiro atoms. The summed E-state index contributed by atoms with van der Waals surface area (Å²) < 4.78 is 5.58. The highest BCUT2D eigenvalue weighted by Crippen LogP contribution is 2.29. The number of hydrogen-bond acceptors (Lipinski definition) is 4. The second-order valence-electron chi connectivity index (χ2n) is 7.13. The third-order valence-electron chi connectivity index (χ3n) is 4.15. The summed E-state index contributed by atoms with van der Waals surface area (Å²) in [5.41, 5.74) is 0. The van der Waals surface area contributed by atoms with Crippen LogP contribution in [0.5, 0.6) is 0 Å². The molecule has 0 atom stereocenters. The van der Waals surface area contributed by atoms with Crippen LogP contribution in [0.4, 0.5) is 0 Å². The highest BCUT2D eigenvalue weighted by Gasteiger charge is 2.31. The lowest BCUT2D eigenvalue weighted by molar-refractivity contribution is -0.145. The number of esters is 1. The molecule has 0 aliphatic heterocycles. The Hall–Kier alpha value is -0.350. The molecule has 0 unspecified atom stereocenters. The molecule has 0 heterocycles. The van der Waals surface area contributed by atoms with Gasteiger partial charge in [0.15, 0.2) is 0 Å². The minimum Gasteiger partial charge on any atom is -0.464 e. The van der Waals surface area contributed by atoms with Crippen LogP contribution in [0, 0.1) is 0 Å². The van der Waals surface area contributed by atoms with E-state index in [1.54, 1.807) is 6.08 Å². The van der Waals surface area contributed by atoms with Crippen LogP contribution in [0.3, 0.4) is 0 Å². The van der Waals surface area contributed by atoms with Crippen molar-refractivity contribution in [1.29, 1.82) is 0 Å². The van der Waals surface area contributed by atoms with Gasteiger partial charge >= 0.3 is 5.97 Å². The van der Waals surface area contributed by atoms with Crippen LogP contribution in [0.2, 0.25) is 0 Å². The largest absolute Gasteiger partial charge is 0.464 e. The molecule has 0 bridgehead atoms. The fourth-order valence-electron chi connectivity index (χ4n) is 2.54. The number of carbonyl (C=O) groups is 1. The first-order valence-corrected chi connectivity index (χ1v) is 11.2. The average Bonchev–Trinajstić information content (AvgIpc) is 2.56. The highest BCUT2D eigenvalue weighted by atomic mass is 32.2. The van der Waals surface area contributed by atoms with Crippen LogP contribution in [0.25, 0.3) is 0 Å². The summed E-state index contributed by atoms with van der Waals surface area (Å²) in [6.07, 6.45) is 16.6. The van der Waals surface area contributed by atoms with Crippen molar-refractivity contribution in [2.45, 2.75) is 103 Å². The summed E-state index contributed by atoms with van der Waals surface area (Å²) in [5, 5.41) is 0. The molecular formula is C21H38O2S2. The van der Waals surface area contributed by atoms with Crippen molar-refractivity contribution in [3.63, 3.8) is 0 Å². The molecule has 0 aromatic rings.